The highest BCUT2D eigenvalue weighted by Crippen LogP contribution is 2.30. The Kier molecular flexibility index (Phi) is 5.51. The van der Waals surface area contributed by atoms with Gasteiger partial charge in [0.05, 0.1) is 35.1 Å². The van der Waals surface area contributed by atoms with Crippen molar-refractivity contribution < 1.29 is 14.5 Å². The van der Waals surface area contributed by atoms with E-state index in [0.717, 1.165) is 15.9 Å². The van der Waals surface area contributed by atoms with E-state index in [1.165, 1.54) is 37.1 Å². The molecule has 0 aliphatic carbocycles. The Morgan fingerprint density at radius 3 is 2.78 bits per heavy atom. The van der Waals surface area contributed by atoms with E-state index in [1.807, 2.05) is 24.3 Å². The van der Waals surface area contributed by atoms with Gasteiger partial charge < -0.3 is 10.1 Å². The van der Waals surface area contributed by atoms with E-state index in [9.17, 15) is 14.9 Å². The minimum atomic E-state index is -0.521. The van der Waals surface area contributed by atoms with Crippen LogP contribution in [0.5, 0.6) is 5.75 Å². The minimum absolute atomic E-state index is 0.109. The van der Waals surface area contributed by atoms with E-state index >= 15 is 0 Å². The molecule has 0 bridgehead atoms. The minimum Gasteiger partial charge on any atom is -0.494 e. The summed E-state index contributed by atoms with van der Waals surface area (Å²) in [5, 5.41) is 15.2. The van der Waals surface area contributed by atoms with Crippen LogP contribution >= 0.6 is 11.8 Å². The molecule has 1 N–H and O–H groups in total. The van der Waals surface area contributed by atoms with Crippen LogP contribution in [0.15, 0.2) is 47.5 Å². The van der Waals surface area contributed by atoms with E-state index in [2.05, 4.69) is 15.3 Å². The number of hydrogen-bond donors (Lipinski definition) is 1. The van der Waals surface area contributed by atoms with Crippen LogP contribution in [0.3, 0.4) is 0 Å². The maximum absolute atomic E-state index is 12.3. The number of ether oxygens (including phenoxy) is 1. The zero-order chi connectivity index (χ0) is 19.4. The third-order valence-corrected chi connectivity index (χ3v) is 4.68. The summed E-state index contributed by atoms with van der Waals surface area (Å²) in [4.78, 5) is 31.4. The number of aryl methyl sites for hydroxylation is 1. The Labute approximate surface area is 159 Å². The maximum atomic E-state index is 12.3. The molecule has 1 heterocycles. The number of methoxy groups -OCH3 is 1. The quantitative estimate of drug-likeness (QED) is 0.299. The number of benzene rings is 2. The number of hydrogen-bond acceptors (Lipinski definition) is 7. The summed E-state index contributed by atoms with van der Waals surface area (Å²) in [5.41, 5.74) is 1.09. The fraction of sp³-hybridized carbons (Fsp3) is 0.167. The first-order chi connectivity index (χ1) is 13.0. The van der Waals surface area contributed by atoms with Gasteiger partial charge >= 0.3 is 0 Å². The van der Waals surface area contributed by atoms with Gasteiger partial charge in [-0.2, -0.15) is 0 Å². The topological polar surface area (TPSA) is 107 Å². The van der Waals surface area contributed by atoms with E-state index in [-0.39, 0.29) is 23.1 Å². The van der Waals surface area contributed by atoms with Crippen LogP contribution in [0.4, 0.5) is 11.4 Å². The first-order valence-electron chi connectivity index (χ1n) is 7.96. The summed E-state index contributed by atoms with van der Waals surface area (Å²) in [6, 6.07) is 11.6. The third-order valence-electron chi connectivity index (χ3n) is 3.69. The lowest BCUT2D eigenvalue weighted by Crippen LogP contribution is -2.15. The monoisotopic (exact) mass is 384 g/mol. The van der Waals surface area contributed by atoms with Gasteiger partial charge in [-0.1, -0.05) is 30.0 Å². The molecular formula is C18H16N4O4S. The summed E-state index contributed by atoms with van der Waals surface area (Å²) in [6.45, 7) is 1.80. The average molecular weight is 384 g/mol. The SMILES string of the molecule is COc1cc([N+](=O)[O-])ccc1NC(=O)CSc1nc(C)nc2ccccc12. The second-order valence-corrected chi connectivity index (χ2v) is 6.54. The van der Waals surface area contributed by atoms with Gasteiger partial charge in [-0.25, -0.2) is 9.97 Å². The number of thioether (sulfide) groups is 1. The second-order valence-electron chi connectivity index (χ2n) is 5.57. The molecule has 0 aliphatic rings. The van der Waals surface area contributed by atoms with E-state index in [0.29, 0.717) is 11.5 Å². The summed E-state index contributed by atoms with van der Waals surface area (Å²) in [6.07, 6.45) is 0. The molecule has 3 aromatic rings. The third kappa shape index (κ3) is 4.32. The Morgan fingerprint density at radius 2 is 2.04 bits per heavy atom. The number of para-hydroxylation sites is 1. The highest BCUT2D eigenvalue weighted by molar-refractivity contribution is 8.00. The first-order valence-corrected chi connectivity index (χ1v) is 8.95. The van der Waals surface area contributed by atoms with E-state index < -0.39 is 4.92 Å². The van der Waals surface area contributed by atoms with Crippen molar-refractivity contribution in [3.8, 4) is 5.75 Å². The van der Waals surface area contributed by atoms with Crippen molar-refractivity contribution in [2.45, 2.75) is 11.9 Å². The molecule has 0 unspecified atom stereocenters. The number of nitro benzene ring substituents is 1. The molecule has 3 rings (SSSR count). The van der Waals surface area contributed by atoms with Crippen molar-refractivity contribution in [1.29, 1.82) is 0 Å². The Morgan fingerprint density at radius 1 is 1.26 bits per heavy atom. The molecule has 1 aromatic heterocycles. The lowest BCUT2D eigenvalue weighted by atomic mass is 10.2. The number of carbonyl (C=O) groups excluding carboxylic acids is 1. The van der Waals surface area contributed by atoms with Crippen LogP contribution in [-0.2, 0) is 4.79 Å². The van der Waals surface area contributed by atoms with Crippen molar-refractivity contribution >= 4 is 39.9 Å². The second kappa shape index (κ2) is 8.00. The number of nitro groups is 1. The zero-order valence-corrected chi connectivity index (χ0v) is 15.4. The van der Waals surface area contributed by atoms with Gasteiger partial charge in [0.1, 0.15) is 16.6 Å². The smallest absolute Gasteiger partial charge is 0.273 e. The highest BCUT2D eigenvalue weighted by atomic mass is 32.2. The molecule has 0 saturated heterocycles. The fourth-order valence-corrected chi connectivity index (χ4v) is 3.35. The highest BCUT2D eigenvalue weighted by Gasteiger charge is 2.14. The molecule has 0 fully saturated rings. The van der Waals surface area contributed by atoms with Crippen LogP contribution in [0.2, 0.25) is 0 Å². The summed E-state index contributed by atoms with van der Waals surface area (Å²) < 4.78 is 5.13. The van der Waals surface area contributed by atoms with Crippen LogP contribution in [0.25, 0.3) is 10.9 Å². The molecule has 0 spiro atoms. The van der Waals surface area contributed by atoms with Crippen molar-refractivity contribution in [2.75, 3.05) is 18.2 Å². The molecule has 9 heteroatoms. The van der Waals surface area contributed by atoms with Crippen LogP contribution in [-0.4, -0.2) is 33.7 Å². The molecule has 0 atom stereocenters. The van der Waals surface area contributed by atoms with Gasteiger partial charge in [-0.15, -0.1) is 0 Å². The molecule has 2 aromatic carbocycles. The fourth-order valence-electron chi connectivity index (χ4n) is 2.49. The number of amides is 1. The van der Waals surface area contributed by atoms with E-state index in [4.69, 9.17) is 4.74 Å². The first kappa shape index (κ1) is 18.6. The van der Waals surface area contributed by atoms with Gasteiger partial charge in [0.15, 0.2) is 0 Å². The molecule has 0 saturated carbocycles. The molecule has 1 amide bonds. The number of anilines is 1. The molecular weight excluding hydrogens is 368 g/mol. The Balaban J connectivity index is 1.73. The van der Waals surface area contributed by atoms with Gasteiger partial charge in [0.2, 0.25) is 5.91 Å². The molecule has 0 radical (unpaired) electrons. The summed E-state index contributed by atoms with van der Waals surface area (Å²) in [5.74, 6) is 0.715. The van der Waals surface area contributed by atoms with Crippen molar-refractivity contribution in [1.82, 2.24) is 9.97 Å². The van der Waals surface area contributed by atoms with Crippen LogP contribution in [0.1, 0.15) is 5.82 Å². The maximum Gasteiger partial charge on any atom is 0.273 e. The largest absolute Gasteiger partial charge is 0.494 e. The number of aromatic nitrogens is 2. The number of rotatable bonds is 6. The zero-order valence-electron chi connectivity index (χ0n) is 14.6. The predicted molar refractivity (Wildman–Crippen MR) is 103 cm³/mol. The van der Waals surface area contributed by atoms with Gasteiger partial charge in [-0.05, 0) is 19.1 Å². The van der Waals surface area contributed by atoms with E-state index in [1.54, 1.807) is 6.92 Å². The molecule has 138 valence electrons. The van der Waals surface area contributed by atoms with Gasteiger partial charge in [-0.3, -0.25) is 14.9 Å². The lowest BCUT2D eigenvalue weighted by Gasteiger charge is -2.10. The number of nitrogens with one attached hydrogen (secondary N) is 1. The summed E-state index contributed by atoms with van der Waals surface area (Å²) >= 11 is 1.30. The standard InChI is InChI=1S/C18H16N4O4S/c1-11-19-14-6-4-3-5-13(14)18(20-11)27-10-17(23)21-15-8-7-12(22(24)25)9-16(15)26-2/h3-9H,10H2,1-2H3,(H,21,23). The van der Waals surface area contributed by atoms with Gasteiger partial charge in [0, 0.05) is 11.5 Å². The lowest BCUT2D eigenvalue weighted by molar-refractivity contribution is -0.384. The van der Waals surface area contributed by atoms with Crippen molar-refractivity contribution in [2.24, 2.45) is 0 Å². The van der Waals surface area contributed by atoms with Crippen molar-refractivity contribution in [3.05, 3.63) is 58.4 Å². The van der Waals surface area contributed by atoms with Crippen LogP contribution < -0.4 is 10.1 Å². The van der Waals surface area contributed by atoms with Gasteiger partial charge in [0.25, 0.3) is 5.69 Å². The molecule has 0 aliphatic heterocycles. The number of carbonyl (C=O) groups is 1. The van der Waals surface area contributed by atoms with Crippen molar-refractivity contribution in [3.63, 3.8) is 0 Å². The van der Waals surface area contributed by atoms with Crippen LogP contribution in [0, 0.1) is 17.0 Å². The average Bonchev–Trinajstić information content (AvgIpc) is 2.66. The molecule has 27 heavy (non-hydrogen) atoms. The number of nitrogens with zero attached hydrogens (tertiary/aromatic N) is 3. The Bertz CT molecular complexity index is 1030. The normalized spacial score (nSPS) is 10.6. The Hall–Kier alpha value is -3.20. The molecule has 8 nitrogen and oxygen atoms in total. The predicted octanol–water partition coefficient (Wildman–Crippen LogP) is 3.59. The number of non-ortho nitro benzene ring substituents is 1. The number of fused-ring (bicyclic) bond motifs is 1. The summed E-state index contributed by atoms with van der Waals surface area (Å²) in [7, 11) is 1.39.